The van der Waals surface area contributed by atoms with Crippen LogP contribution in [-0.2, 0) is 19.3 Å². The van der Waals surface area contributed by atoms with Crippen molar-refractivity contribution in [3.05, 3.63) is 124 Å². The van der Waals surface area contributed by atoms with Gasteiger partial charge in [-0.05, 0) is 90.6 Å². The molecular formula is C36H39N3O3. The van der Waals surface area contributed by atoms with E-state index in [0.29, 0.717) is 17.1 Å². The zero-order valence-corrected chi connectivity index (χ0v) is 24.6. The highest BCUT2D eigenvalue weighted by atomic mass is 16.2. The molecule has 0 heterocycles. The van der Waals surface area contributed by atoms with E-state index in [0.717, 1.165) is 38.5 Å². The molecule has 0 unspecified atom stereocenters. The Balaban J connectivity index is 1.59. The van der Waals surface area contributed by atoms with Gasteiger partial charge < -0.3 is 16.0 Å². The first-order chi connectivity index (χ1) is 20.4. The molecule has 4 aromatic carbocycles. The van der Waals surface area contributed by atoms with Crippen LogP contribution in [0.1, 0.15) is 87.8 Å². The summed E-state index contributed by atoms with van der Waals surface area (Å²) in [5.74, 6) is -1.22. The molecule has 4 rings (SSSR count). The highest BCUT2D eigenvalue weighted by molar-refractivity contribution is 6.12. The minimum Gasteiger partial charge on any atom is -0.322 e. The maximum Gasteiger partial charge on any atom is 0.255 e. The van der Waals surface area contributed by atoms with E-state index in [1.165, 1.54) is 34.9 Å². The Morgan fingerprint density at radius 2 is 0.667 bits per heavy atom. The van der Waals surface area contributed by atoms with Crippen LogP contribution >= 0.6 is 0 Å². The van der Waals surface area contributed by atoms with E-state index < -0.39 is 17.7 Å². The molecule has 6 heteroatoms. The van der Waals surface area contributed by atoms with Crippen LogP contribution in [0.15, 0.2) is 91.0 Å². The Hall–Kier alpha value is -4.71. The molecule has 3 N–H and O–H groups in total. The molecular weight excluding hydrogens is 522 g/mol. The van der Waals surface area contributed by atoms with Crippen LogP contribution in [0.25, 0.3) is 0 Å². The molecule has 0 saturated heterocycles. The fourth-order valence-electron chi connectivity index (χ4n) is 4.76. The van der Waals surface area contributed by atoms with E-state index in [2.05, 4.69) is 36.7 Å². The number of hydrogen-bond acceptors (Lipinski definition) is 3. The third-order valence-corrected chi connectivity index (χ3v) is 6.97. The van der Waals surface area contributed by atoms with E-state index in [9.17, 15) is 14.4 Å². The summed E-state index contributed by atoms with van der Waals surface area (Å²) in [7, 11) is 0. The Morgan fingerprint density at radius 1 is 0.429 bits per heavy atom. The van der Waals surface area contributed by atoms with Gasteiger partial charge in [-0.1, -0.05) is 76.4 Å². The molecule has 0 aliphatic rings. The average molecular weight is 562 g/mol. The number of benzene rings is 4. The molecule has 0 spiro atoms. The molecule has 0 radical (unpaired) electrons. The Morgan fingerprint density at radius 3 is 0.881 bits per heavy atom. The number of anilines is 3. The molecule has 0 atom stereocenters. The molecule has 0 fully saturated rings. The van der Waals surface area contributed by atoms with Crippen LogP contribution in [0.2, 0.25) is 0 Å². The molecule has 0 aliphatic carbocycles. The van der Waals surface area contributed by atoms with Crippen molar-refractivity contribution in [3.8, 4) is 0 Å². The number of nitrogens with one attached hydrogen (secondary N) is 3. The van der Waals surface area contributed by atoms with Gasteiger partial charge >= 0.3 is 0 Å². The summed E-state index contributed by atoms with van der Waals surface area (Å²) < 4.78 is 0. The number of amides is 3. The lowest BCUT2D eigenvalue weighted by molar-refractivity contribution is 0.102. The van der Waals surface area contributed by atoms with Gasteiger partial charge in [0.05, 0.1) is 0 Å². The summed E-state index contributed by atoms with van der Waals surface area (Å²) in [6.07, 6.45) is 6.01. The Kier molecular flexibility index (Phi) is 10.6. The van der Waals surface area contributed by atoms with Gasteiger partial charge in [0.25, 0.3) is 17.7 Å². The van der Waals surface area contributed by atoms with Crippen LogP contribution in [-0.4, -0.2) is 17.7 Å². The van der Waals surface area contributed by atoms with E-state index in [-0.39, 0.29) is 16.7 Å². The van der Waals surface area contributed by atoms with Crippen LogP contribution in [0.4, 0.5) is 17.1 Å². The first-order valence-corrected chi connectivity index (χ1v) is 14.7. The number of hydrogen-bond donors (Lipinski definition) is 3. The summed E-state index contributed by atoms with van der Waals surface area (Å²) in [4.78, 5) is 39.9. The summed E-state index contributed by atoms with van der Waals surface area (Å²) in [6.45, 7) is 6.36. The molecule has 0 aromatic heterocycles. The topological polar surface area (TPSA) is 87.3 Å². The van der Waals surface area contributed by atoms with E-state index in [1.807, 2.05) is 72.8 Å². The number of aryl methyl sites for hydroxylation is 3. The molecule has 6 nitrogen and oxygen atoms in total. The molecule has 0 aliphatic heterocycles. The van der Waals surface area contributed by atoms with Gasteiger partial charge in [0.1, 0.15) is 0 Å². The summed E-state index contributed by atoms with van der Waals surface area (Å²) in [6, 6.07) is 27.6. The number of rotatable bonds is 12. The van der Waals surface area contributed by atoms with E-state index in [1.54, 1.807) is 0 Å². The Bertz CT molecular complexity index is 1310. The predicted octanol–water partition coefficient (Wildman–Crippen LogP) is 8.30. The van der Waals surface area contributed by atoms with Crippen LogP contribution < -0.4 is 16.0 Å². The maximum atomic E-state index is 13.3. The fourth-order valence-corrected chi connectivity index (χ4v) is 4.76. The SMILES string of the molecule is CCCc1ccc(NC(=O)c2cc(C(=O)Nc3ccc(CCC)cc3)cc(C(=O)Nc3ccc(CCC)cc3)c2)cc1. The average Bonchev–Trinajstić information content (AvgIpc) is 3.00. The van der Waals surface area contributed by atoms with Crippen molar-refractivity contribution in [2.24, 2.45) is 0 Å². The van der Waals surface area contributed by atoms with Gasteiger partial charge in [0.2, 0.25) is 0 Å². The van der Waals surface area contributed by atoms with Crippen molar-refractivity contribution >= 4 is 34.8 Å². The predicted molar refractivity (Wildman–Crippen MR) is 172 cm³/mol. The highest BCUT2D eigenvalue weighted by Gasteiger charge is 2.17. The van der Waals surface area contributed by atoms with Crippen LogP contribution in [0, 0.1) is 0 Å². The maximum absolute atomic E-state index is 13.3. The second-order valence-electron chi connectivity index (χ2n) is 10.5. The quantitative estimate of drug-likeness (QED) is 0.163. The summed E-state index contributed by atoms with van der Waals surface area (Å²) in [5.41, 5.74) is 6.13. The fraction of sp³-hybridized carbons (Fsp3) is 0.250. The van der Waals surface area contributed by atoms with Gasteiger partial charge in [-0.3, -0.25) is 14.4 Å². The van der Waals surface area contributed by atoms with Crippen molar-refractivity contribution in [3.63, 3.8) is 0 Å². The van der Waals surface area contributed by atoms with Crippen LogP contribution in [0.5, 0.6) is 0 Å². The Labute approximate surface area is 248 Å². The highest BCUT2D eigenvalue weighted by Crippen LogP contribution is 2.19. The molecule has 4 aromatic rings. The van der Waals surface area contributed by atoms with Crippen molar-refractivity contribution in [2.75, 3.05) is 16.0 Å². The third kappa shape index (κ3) is 8.40. The van der Waals surface area contributed by atoms with Gasteiger partial charge in [-0.15, -0.1) is 0 Å². The van der Waals surface area contributed by atoms with Crippen molar-refractivity contribution in [1.82, 2.24) is 0 Å². The van der Waals surface area contributed by atoms with Crippen molar-refractivity contribution in [1.29, 1.82) is 0 Å². The second kappa shape index (κ2) is 14.8. The largest absolute Gasteiger partial charge is 0.322 e. The zero-order valence-electron chi connectivity index (χ0n) is 24.6. The normalized spacial score (nSPS) is 10.6. The first-order valence-electron chi connectivity index (χ1n) is 14.7. The van der Waals surface area contributed by atoms with Gasteiger partial charge in [0.15, 0.2) is 0 Å². The second-order valence-corrected chi connectivity index (χ2v) is 10.5. The van der Waals surface area contributed by atoms with Crippen LogP contribution in [0.3, 0.4) is 0 Å². The van der Waals surface area contributed by atoms with Crippen molar-refractivity contribution < 1.29 is 14.4 Å². The van der Waals surface area contributed by atoms with Gasteiger partial charge in [0, 0.05) is 33.8 Å². The summed E-state index contributed by atoms with van der Waals surface area (Å²) >= 11 is 0. The van der Waals surface area contributed by atoms with Gasteiger partial charge in [-0.25, -0.2) is 0 Å². The zero-order chi connectivity index (χ0) is 29.9. The number of carbonyl (C=O) groups is 3. The van der Waals surface area contributed by atoms with E-state index >= 15 is 0 Å². The minimum absolute atomic E-state index is 0.210. The molecule has 42 heavy (non-hydrogen) atoms. The first kappa shape index (κ1) is 30.3. The molecule has 216 valence electrons. The minimum atomic E-state index is -0.408. The molecule has 0 saturated carbocycles. The third-order valence-electron chi connectivity index (χ3n) is 6.97. The smallest absolute Gasteiger partial charge is 0.255 e. The lowest BCUT2D eigenvalue weighted by Gasteiger charge is -2.12. The van der Waals surface area contributed by atoms with E-state index in [4.69, 9.17) is 0 Å². The number of carbonyl (C=O) groups excluding carboxylic acids is 3. The molecule has 0 bridgehead atoms. The molecule has 3 amide bonds. The standard InChI is InChI=1S/C36H39N3O3/c1-4-7-25-10-16-31(17-11-25)37-34(40)28-22-29(35(41)38-32-18-12-26(8-5-2)13-19-32)24-30(23-28)36(42)39-33-20-14-27(9-6-3)15-21-33/h10-24H,4-9H2,1-3H3,(H,37,40)(H,38,41)(H,39,42). The summed E-state index contributed by atoms with van der Waals surface area (Å²) in [5, 5.41) is 8.68. The lowest BCUT2D eigenvalue weighted by atomic mass is 10.0. The van der Waals surface area contributed by atoms with Crippen molar-refractivity contribution in [2.45, 2.75) is 59.3 Å². The monoisotopic (exact) mass is 561 g/mol. The lowest BCUT2D eigenvalue weighted by Crippen LogP contribution is -2.19. The van der Waals surface area contributed by atoms with Gasteiger partial charge in [-0.2, -0.15) is 0 Å².